The third kappa shape index (κ3) is 4.32. The van der Waals surface area contributed by atoms with Crippen LogP contribution >= 0.6 is 11.6 Å². The van der Waals surface area contributed by atoms with Gasteiger partial charge in [0.25, 0.3) is 11.5 Å². The van der Waals surface area contributed by atoms with E-state index in [4.69, 9.17) is 11.6 Å². The third-order valence-electron chi connectivity index (χ3n) is 5.57. The first-order valence-electron chi connectivity index (χ1n) is 10.7. The fraction of sp³-hybridized carbons (Fsp3) is 0.261. The minimum atomic E-state index is -0.610. The van der Waals surface area contributed by atoms with E-state index in [0.29, 0.717) is 16.3 Å². The number of carbonyl (C=O) groups excluding carboxylic acids is 2. The van der Waals surface area contributed by atoms with Crippen molar-refractivity contribution in [1.29, 1.82) is 0 Å². The lowest BCUT2D eigenvalue weighted by molar-refractivity contribution is -0.117. The number of aromatic nitrogens is 4. The highest BCUT2D eigenvalue weighted by molar-refractivity contribution is 6.30. The first kappa shape index (κ1) is 23.2. The lowest BCUT2D eigenvalue weighted by Crippen LogP contribution is -2.32. The van der Waals surface area contributed by atoms with E-state index in [1.54, 1.807) is 30.3 Å². The molecule has 176 valence electrons. The number of aryl methyl sites for hydroxylation is 1. The molecule has 0 aliphatic carbocycles. The summed E-state index contributed by atoms with van der Waals surface area (Å²) in [5.74, 6) is -0.732. The van der Waals surface area contributed by atoms with Gasteiger partial charge in [0.1, 0.15) is 6.54 Å². The van der Waals surface area contributed by atoms with Gasteiger partial charge in [0, 0.05) is 29.4 Å². The SMILES string of the molecule is CCC(C)NC(=O)c1ccc2c(=O)n(C)c3nn(CC(=O)Nc4ccc(Cl)cc4)c(=O)n3c2c1. The maximum Gasteiger partial charge on any atom is 0.352 e. The predicted octanol–water partition coefficient (Wildman–Crippen LogP) is 2.17. The van der Waals surface area contributed by atoms with Crippen LogP contribution in [0.2, 0.25) is 5.02 Å². The Labute approximate surface area is 198 Å². The number of hydrogen-bond acceptors (Lipinski definition) is 5. The van der Waals surface area contributed by atoms with Crippen LogP contribution in [-0.4, -0.2) is 36.6 Å². The van der Waals surface area contributed by atoms with Crippen LogP contribution in [0.1, 0.15) is 30.6 Å². The highest BCUT2D eigenvalue weighted by atomic mass is 35.5. The Morgan fingerprint density at radius 3 is 2.50 bits per heavy atom. The molecule has 2 N–H and O–H groups in total. The Morgan fingerprint density at radius 1 is 1.12 bits per heavy atom. The fourth-order valence-electron chi connectivity index (χ4n) is 3.52. The molecule has 1 unspecified atom stereocenters. The normalized spacial score (nSPS) is 12.1. The number of fused-ring (bicyclic) bond motifs is 3. The summed E-state index contributed by atoms with van der Waals surface area (Å²) in [6.07, 6.45) is 0.758. The van der Waals surface area contributed by atoms with E-state index in [1.165, 1.54) is 28.1 Å². The molecule has 11 heteroatoms. The monoisotopic (exact) mass is 482 g/mol. The second-order valence-corrected chi connectivity index (χ2v) is 8.45. The molecule has 4 aromatic rings. The molecular formula is C23H23ClN6O4. The zero-order chi connectivity index (χ0) is 24.6. The number of halogens is 1. The lowest BCUT2D eigenvalue weighted by atomic mass is 10.1. The molecule has 2 aromatic heterocycles. The van der Waals surface area contributed by atoms with Gasteiger partial charge in [-0.1, -0.05) is 18.5 Å². The second-order valence-electron chi connectivity index (χ2n) is 8.01. The van der Waals surface area contributed by atoms with Crippen LogP contribution in [0, 0.1) is 0 Å². The third-order valence-corrected chi connectivity index (χ3v) is 5.82. The molecule has 0 bridgehead atoms. The Morgan fingerprint density at radius 2 is 1.82 bits per heavy atom. The summed E-state index contributed by atoms with van der Waals surface area (Å²) in [5.41, 5.74) is 0.0771. The Hall–Kier alpha value is -3.92. The number of rotatable bonds is 6. The second kappa shape index (κ2) is 9.14. The molecule has 0 aliphatic heterocycles. The highest BCUT2D eigenvalue weighted by Crippen LogP contribution is 2.15. The van der Waals surface area contributed by atoms with E-state index >= 15 is 0 Å². The Bertz CT molecular complexity index is 1530. The summed E-state index contributed by atoms with van der Waals surface area (Å²) in [6.45, 7) is 3.47. The van der Waals surface area contributed by atoms with Crippen LogP contribution in [0.4, 0.5) is 5.69 Å². The number of hydrogen-bond donors (Lipinski definition) is 2. The number of benzene rings is 2. The van der Waals surface area contributed by atoms with Crippen molar-refractivity contribution in [3.63, 3.8) is 0 Å². The molecule has 0 fully saturated rings. The summed E-state index contributed by atoms with van der Waals surface area (Å²) in [4.78, 5) is 51.2. The number of anilines is 1. The lowest BCUT2D eigenvalue weighted by Gasteiger charge is -2.12. The van der Waals surface area contributed by atoms with E-state index in [1.807, 2.05) is 13.8 Å². The zero-order valence-corrected chi connectivity index (χ0v) is 19.6. The fourth-order valence-corrected chi connectivity index (χ4v) is 3.64. The van der Waals surface area contributed by atoms with E-state index < -0.39 is 11.6 Å². The standard InChI is InChI=1S/C23H23ClN6O4/c1-4-13(2)25-20(32)14-5-10-17-18(11-14)30-22(28(3)21(17)33)27-29(23(30)34)12-19(31)26-16-8-6-15(24)7-9-16/h5-11,13H,4,12H2,1-3H3,(H,25,32)(H,26,31). The summed E-state index contributed by atoms with van der Waals surface area (Å²) >= 11 is 5.86. The molecule has 34 heavy (non-hydrogen) atoms. The number of amides is 2. The molecule has 0 aliphatic rings. The summed E-state index contributed by atoms with van der Waals surface area (Å²) in [5, 5.41) is 10.5. The van der Waals surface area contributed by atoms with Crippen molar-refractivity contribution >= 4 is 45.8 Å². The maximum absolute atomic E-state index is 13.2. The number of carbonyl (C=O) groups is 2. The van der Waals surface area contributed by atoms with Crippen molar-refractivity contribution in [3.8, 4) is 0 Å². The number of nitrogens with one attached hydrogen (secondary N) is 2. The van der Waals surface area contributed by atoms with Gasteiger partial charge < -0.3 is 10.6 Å². The van der Waals surface area contributed by atoms with Gasteiger partial charge in [0.15, 0.2) is 0 Å². The molecule has 1 atom stereocenters. The smallest absolute Gasteiger partial charge is 0.350 e. The summed E-state index contributed by atoms with van der Waals surface area (Å²) < 4.78 is 3.44. The molecule has 2 heterocycles. The van der Waals surface area contributed by atoms with Crippen LogP contribution in [-0.2, 0) is 18.4 Å². The van der Waals surface area contributed by atoms with Crippen LogP contribution in [0.5, 0.6) is 0 Å². The molecule has 0 spiro atoms. The van der Waals surface area contributed by atoms with Crippen molar-refractivity contribution in [2.45, 2.75) is 32.9 Å². The summed E-state index contributed by atoms with van der Waals surface area (Å²) in [7, 11) is 1.49. The Balaban J connectivity index is 1.76. The van der Waals surface area contributed by atoms with E-state index in [0.717, 1.165) is 11.1 Å². The minimum absolute atomic E-state index is 0.0310. The molecule has 0 saturated carbocycles. The van der Waals surface area contributed by atoms with Gasteiger partial charge in [-0.05, 0) is 55.8 Å². The van der Waals surface area contributed by atoms with Crippen LogP contribution < -0.4 is 21.9 Å². The van der Waals surface area contributed by atoms with E-state index in [2.05, 4.69) is 15.7 Å². The minimum Gasteiger partial charge on any atom is -0.350 e. The van der Waals surface area contributed by atoms with Crippen LogP contribution in [0.25, 0.3) is 16.7 Å². The van der Waals surface area contributed by atoms with Gasteiger partial charge in [-0.3, -0.25) is 19.0 Å². The number of nitrogens with zero attached hydrogens (tertiary/aromatic N) is 4. The molecule has 10 nitrogen and oxygen atoms in total. The quantitative estimate of drug-likeness (QED) is 0.436. The predicted molar refractivity (Wildman–Crippen MR) is 129 cm³/mol. The van der Waals surface area contributed by atoms with Crippen molar-refractivity contribution in [2.75, 3.05) is 5.32 Å². The van der Waals surface area contributed by atoms with Gasteiger partial charge in [-0.25, -0.2) is 13.9 Å². The van der Waals surface area contributed by atoms with Crippen LogP contribution in [0.15, 0.2) is 52.1 Å². The van der Waals surface area contributed by atoms with Gasteiger partial charge in [0.05, 0.1) is 10.9 Å². The van der Waals surface area contributed by atoms with Crippen molar-refractivity contribution in [3.05, 3.63) is 73.9 Å². The van der Waals surface area contributed by atoms with Gasteiger partial charge >= 0.3 is 5.69 Å². The van der Waals surface area contributed by atoms with Gasteiger partial charge in [0.2, 0.25) is 11.7 Å². The topological polar surface area (TPSA) is 120 Å². The largest absolute Gasteiger partial charge is 0.352 e. The summed E-state index contributed by atoms with van der Waals surface area (Å²) in [6, 6.07) is 11.0. The van der Waals surface area contributed by atoms with Crippen molar-refractivity contribution in [1.82, 2.24) is 24.1 Å². The molecule has 4 rings (SSSR count). The van der Waals surface area contributed by atoms with Crippen molar-refractivity contribution < 1.29 is 9.59 Å². The maximum atomic E-state index is 13.2. The van der Waals surface area contributed by atoms with E-state index in [-0.39, 0.29) is 40.7 Å². The van der Waals surface area contributed by atoms with E-state index in [9.17, 15) is 19.2 Å². The first-order valence-corrected chi connectivity index (χ1v) is 11.1. The van der Waals surface area contributed by atoms with Crippen LogP contribution in [0.3, 0.4) is 0 Å². The van der Waals surface area contributed by atoms with Gasteiger partial charge in [-0.15, -0.1) is 5.10 Å². The average Bonchev–Trinajstić information content (AvgIpc) is 3.14. The average molecular weight is 483 g/mol. The molecule has 2 aromatic carbocycles. The zero-order valence-electron chi connectivity index (χ0n) is 18.8. The molecule has 0 saturated heterocycles. The highest BCUT2D eigenvalue weighted by Gasteiger charge is 2.19. The van der Waals surface area contributed by atoms with Gasteiger partial charge in [-0.2, -0.15) is 0 Å². The first-order chi connectivity index (χ1) is 16.2. The Kier molecular flexibility index (Phi) is 6.25. The van der Waals surface area contributed by atoms with Crippen molar-refractivity contribution in [2.24, 2.45) is 7.05 Å². The molecule has 2 amide bonds. The molecular weight excluding hydrogens is 460 g/mol. The molecule has 0 radical (unpaired) electrons.